The molecule has 0 aromatic heterocycles. The molecule has 3 fully saturated rings. The first-order chi connectivity index (χ1) is 15.2. The van der Waals surface area contributed by atoms with E-state index in [0.717, 1.165) is 55.0 Å². The zero-order valence-electron chi connectivity index (χ0n) is 18.3. The van der Waals surface area contributed by atoms with Crippen molar-refractivity contribution >= 4 is 12.0 Å². The largest absolute Gasteiger partial charge is 0.497 e. The van der Waals surface area contributed by atoms with Crippen molar-refractivity contribution in [2.45, 2.75) is 37.4 Å². The maximum Gasteiger partial charge on any atom is 0.243 e. The predicted molar refractivity (Wildman–Crippen MR) is 121 cm³/mol. The zero-order chi connectivity index (χ0) is 21.4. The summed E-state index contributed by atoms with van der Waals surface area (Å²) in [5.74, 6) is 2.42. The second-order valence-electron chi connectivity index (χ2n) is 8.85. The molecule has 0 N–H and O–H groups in total. The minimum Gasteiger partial charge on any atom is -0.497 e. The number of carbonyl (C=O) groups is 1. The van der Waals surface area contributed by atoms with Crippen LogP contribution in [0, 0.1) is 5.92 Å². The van der Waals surface area contributed by atoms with Crippen molar-refractivity contribution in [3.63, 3.8) is 0 Å². The molecule has 5 heteroatoms. The van der Waals surface area contributed by atoms with Crippen LogP contribution in [0.25, 0.3) is 6.08 Å². The molecule has 0 bridgehead atoms. The van der Waals surface area contributed by atoms with Crippen LogP contribution in [0.4, 0.5) is 0 Å². The van der Waals surface area contributed by atoms with Crippen LogP contribution in [0.2, 0.25) is 0 Å². The zero-order valence-corrected chi connectivity index (χ0v) is 18.3. The summed E-state index contributed by atoms with van der Waals surface area (Å²) in [6.07, 6.45) is 7.60. The van der Waals surface area contributed by atoms with E-state index < -0.39 is 0 Å². The van der Waals surface area contributed by atoms with E-state index in [4.69, 9.17) is 9.47 Å². The third-order valence-electron chi connectivity index (χ3n) is 7.35. The molecule has 5 rings (SSSR count). The summed E-state index contributed by atoms with van der Waals surface area (Å²) in [7, 11) is 3.37. The molecule has 3 heterocycles. The molecule has 3 aliphatic rings. The van der Waals surface area contributed by atoms with E-state index in [2.05, 4.69) is 40.2 Å². The standard InChI is InChI=1S/C26H30N2O3/c1-30-23-12-9-19(10-13-23)8-11-22-16-21-18-27(17-20-6-3-4-7-24(20)31-2)25(29)26(21)14-5-15-28(22)26/h3-4,6-13,21-22H,5,14-18H2,1-2H3/b11-8+/t21-,22+,26-/m0/s1. The lowest BCUT2D eigenvalue weighted by atomic mass is 9.85. The number of para-hydroxylation sites is 1. The van der Waals surface area contributed by atoms with Crippen LogP contribution < -0.4 is 9.47 Å². The van der Waals surface area contributed by atoms with Gasteiger partial charge in [-0.2, -0.15) is 0 Å². The molecule has 1 spiro atoms. The monoisotopic (exact) mass is 418 g/mol. The smallest absolute Gasteiger partial charge is 0.243 e. The molecular formula is C26H30N2O3. The number of amides is 1. The molecule has 2 aromatic rings. The van der Waals surface area contributed by atoms with Gasteiger partial charge in [-0.3, -0.25) is 9.69 Å². The van der Waals surface area contributed by atoms with Crippen LogP contribution in [0.5, 0.6) is 11.5 Å². The second kappa shape index (κ2) is 8.04. The van der Waals surface area contributed by atoms with Crippen LogP contribution in [0.15, 0.2) is 54.6 Å². The average Bonchev–Trinajstić information content (AvgIpc) is 3.44. The molecule has 1 amide bonds. The van der Waals surface area contributed by atoms with E-state index >= 15 is 0 Å². The summed E-state index contributed by atoms with van der Waals surface area (Å²) >= 11 is 0. The number of nitrogens with zero attached hydrogens (tertiary/aromatic N) is 2. The van der Waals surface area contributed by atoms with Gasteiger partial charge in [0.2, 0.25) is 5.91 Å². The number of hydrogen-bond donors (Lipinski definition) is 0. The van der Waals surface area contributed by atoms with Gasteiger partial charge in [0, 0.05) is 30.6 Å². The van der Waals surface area contributed by atoms with Crippen LogP contribution in [0.1, 0.15) is 30.4 Å². The van der Waals surface area contributed by atoms with Crippen molar-refractivity contribution in [2.24, 2.45) is 5.92 Å². The van der Waals surface area contributed by atoms with Gasteiger partial charge in [-0.1, -0.05) is 42.5 Å². The summed E-state index contributed by atoms with van der Waals surface area (Å²) < 4.78 is 10.8. The molecule has 3 aliphatic heterocycles. The highest BCUT2D eigenvalue weighted by molar-refractivity contribution is 5.90. The lowest BCUT2D eigenvalue weighted by molar-refractivity contribution is -0.137. The number of ether oxygens (including phenoxy) is 2. The summed E-state index contributed by atoms with van der Waals surface area (Å²) in [6.45, 7) is 2.46. The van der Waals surface area contributed by atoms with E-state index in [9.17, 15) is 4.79 Å². The average molecular weight is 419 g/mol. The summed E-state index contributed by atoms with van der Waals surface area (Å²) in [5.41, 5.74) is 1.93. The van der Waals surface area contributed by atoms with E-state index in [0.29, 0.717) is 24.4 Å². The topological polar surface area (TPSA) is 42.0 Å². The first-order valence-electron chi connectivity index (χ1n) is 11.2. The Balaban J connectivity index is 1.33. The van der Waals surface area contributed by atoms with Crippen LogP contribution in [-0.4, -0.2) is 54.6 Å². The number of methoxy groups -OCH3 is 2. The Bertz CT molecular complexity index is 986. The van der Waals surface area contributed by atoms with Crippen molar-refractivity contribution < 1.29 is 14.3 Å². The Morgan fingerprint density at radius 3 is 2.68 bits per heavy atom. The van der Waals surface area contributed by atoms with Crippen molar-refractivity contribution in [3.8, 4) is 11.5 Å². The SMILES string of the molecule is COc1ccc(/C=C/[C@@H]2C[C@H]3CN(Cc4ccccc4OC)C(=O)[C@]34CCCN24)cc1. The molecular weight excluding hydrogens is 388 g/mol. The third-order valence-corrected chi connectivity index (χ3v) is 7.35. The lowest BCUT2D eigenvalue weighted by Gasteiger charge is -2.32. The third kappa shape index (κ3) is 3.32. The molecule has 5 nitrogen and oxygen atoms in total. The van der Waals surface area contributed by atoms with Gasteiger partial charge in [-0.25, -0.2) is 0 Å². The highest BCUT2D eigenvalue weighted by Gasteiger charge is 2.64. The summed E-state index contributed by atoms with van der Waals surface area (Å²) in [6, 6.07) is 16.5. The van der Waals surface area contributed by atoms with Gasteiger partial charge >= 0.3 is 0 Å². The molecule has 3 saturated heterocycles. The van der Waals surface area contributed by atoms with E-state index in [1.165, 1.54) is 0 Å². The molecule has 31 heavy (non-hydrogen) atoms. The van der Waals surface area contributed by atoms with Gasteiger partial charge in [0.25, 0.3) is 0 Å². The summed E-state index contributed by atoms with van der Waals surface area (Å²) in [4.78, 5) is 18.2. The predicted octanol–water partition coefficient (Wildman–Crippen LogP) is 3.98. The number of carbonyl (C=O) groups excluding carboxylic acids is 1. The van der Waals surface area contributed by atoms with Crippen LogP contribution >= 0.6 is 0 Å². The van der Waals surface area contributed by atoms with Gasteiger partial charge in [0.15, 0.2) is 0 Å². The molecule has 162 valence electrons. The normalized spacial score (nSPS) is 27.7. The highest BCUT2D eigenvalue weighted by Crippen LogP contribution is 2.52. The van der Waals surface area contributed by atoms with E-state index in [1.54, 1.807) is 14.2 Å². The van der Waals surface area contributed by atoms with Crippen molar-refractivity contribution in [3.05, 3.63) is 65.7 Å². The van der Waals surface area contributed by atoms with Crippen molar-refractivity contribution in [1.82, 2.24) is 9.80 Å². The van der Waals surface area contributed by atoms with E-state index in [-0.39, 0.29) is 5.54 Å². The molecule has 0 unspecified atom stereocenters. The van der Waals surface area contributed by atoms with Gasteiger partial charge in [0.1, 0.15) is 17.0 Å². The second-order valence-corrected chi connectivity index (χ2v) is 8.85. The molecule has 0 aliphatic carbocycles. The van der Waals surface area contributed by atoms with Gasteiger partial charge < -0.3 is 14.4 Å². The Morgan fingerprint density at radius 1 is 1.10 bits per heavy atom. The first kappa shape index (κ1) is 20.1. The molecule has 0 radical (unpaired) electrons. The van der Waals surface area contributed by atoms with Gasteiger partial charge in [-0.15, -0.1) is 0 Å². The Hall–Kier alpha value is -2.79. The van der Waals surface area contributed by atoms with Gasteiger partial charge in [-0.05, 0) is 49.6 Å². The number of likely N-dealkylation sites (tertiary alicyclic amines) is 1. The fraction of sp³-hybridized carbons (Fsp3) is 0.423. The first-order valence-corrected chi connectivity index (χ1v) is 11.2. The van der Waals surface area contributed by atoms with Crippen LogP contribution in [0.3, 0.4) is 0 Å². The lowest BCUT2D eigenvalue weighted by Crippen LogP contribution is -2.50. The minimum absolute atomic E-state index is 0.307. The molecule has 0 saturated carbocycles. The minimum atomic E-state index is -0.309. The fourth-order valence-corrected chi connectivity index (χ4v) is 5.92. The Kier molecular flexibility index (Phi) is 5.22. The fourth-order valence-electron chi connectivity index (χ4n) is 5.92. The Labute approximate surface area is 184 Å². The molecule has 2 aromatic carbocycles. The highest BCUT2D eigenvalue weighted by atomic mass is 16.5. The van der Waals surface area contributed by atoms with Gasteiger partial charge in [0.05, 0.1) is 14.2 Å². The van der Waals surface area contributed by atoms with Crippen LogP contribution in [-0.2, 0) is 11.3 Å². The number of rotatable bonds is 6. The quantitative estimate of drug-likeness (QED) is 0.712. The van der Waals surface area contributed by atoms with Crippen molar-refractivity contribution in [1.29, 1.82) is 0 Å². The number of benzene rings is 2. The number of hydrogen-bond acceptors (Lipinski definition) is 4. The Morgan fingerprint density at radius 2 is 1.90 bits per heavy atom. The van der Waals surface area contributed by atoms with Crippen molar-refractivity contribution in [2.75, 3.05) is 27.3 Å². The summed E-state index contributed by atoms with van der Waals surface area (Å²) in [5, 5.41) is 0. The maximum absolute atomic E-state index is 13.7. The molecule has 3 atom stereocenters. The van der Waals surface area contributed by atoms with E-state index in [1.807, 2.05) is 30.3 Å². The maximum atomic E-state index is 13.7.